The van der Waals surface area contributed by atoms with Gasteiger partial charge in [0.1, 0.15) is 19.3 Å². The van der Waals surface area contributed by atoms with E-state index in [0.29, 0.717) is 32.1 Å². The topological polar surface area (TPSA) is 237 Å². The number of aliphatic hydroxyl groups excluding tert-OH is 1. The quantitative estimate of drug-likeness (QED) is 0.0169. The Morgan fingerprint density at radius 3 is 0.850 bits per heavy atom. The van der Waals surface area contributed by atoms with Gasteiger partial charge in [0.05, 0.1) is 26.4 Å². The first-order chi connectivity index (χ1) is 48.7. The van der Waals surface area contributed by atoms with Crippen LogP contribution in [0.4, 0.5) is 0 Å². The van der Waals surface area contributed by atoms with Gasteiger partial charge in [-0.3, -0.25) is 37.3 Å². The smallest absolute Gasteiger partial charge is 0.462 e. The van der Waals surface area contributed by atoms with Gasteiger partial charge in [-0.05, 0) is 154 Å². The second-order valence-electron chi connectivity index (χ2n) is 25.9. The molecule has 0 aromatic heterocycles. The summed E-state index contributed by atoms with van der Waals surface area (Å²) in [6, 6.07) is 0. The molecule has 0 aromatic rings. The van der Waals surface area contributed by atoms with Crippen molar-refractivity contribution in [2.75, 3.05) is 39.6 Å². The monoisotopic (exact) mass is 1450 g/mol. The van der Waals surface area contributed by atoms with E-state index in [2.05, 4.69) is 137 Å². The van der Waals surface area contributed by atoms with Crippen molar-refractivity contribution in [1.82, 2.24) is 0 Å². The summed E-state index contributed by atoms with van der Waals surface area (Å²) in [4.78, 5) is 72.9. The molecule has 19 heteroatoms. The molecule has 17 nitrogen and oxygen atoms in total. The van der Waals surface area contributed by atoms with Crippen LogP contribution < -0.4 is 0 Å². The maximum atomic E-state index is 13.1. The Bertz CT molecular complexity index is 2320. The number of phosphoric ester groups is 2. The minimum Gasteiger partial charge on any atom is -0.462 e. The standard InChI is InChI=1S/C81H140O17P2/c1-5-9-13-17-21-25-29-33-35-36-37-38-40-43-46-50-54-58-62-66-79(84)92-72-77(98-81(86)68-64-60-56-52-48-44-39-34-30-26-22-18-14-10-6-2)74-96-100(89,90)94-70-75(82)69-93-99(87,88)95-73-76(97-80(85)67-63-59-55-51-47-42-32-28-24-20-16-12-8-4)71-91-78(83)65-61-57-53-49-45-41-31-27-23-19-15-11-7-3/h10,14,21-22,25-28,31-35,37-39,48,52,75-77,82H,5-9,11-13,15-20,23-24,29-30,36,40-47,49-51,53-74H2,1-4H3,(H,87,88)(H,89,90)/b14-10-,25-21-,26-22-,31-27-,32-28-,35-33-,38-37-,39-34-,52-48-. The van der Waals surface area contributed by atoms with E-state index in [4.69, 9.17) is 37.0 Å². The zero-order valence-corrected chi connectivity index (χ0v) is 64.6. The van der Waals surface area contributed by atoms with E-state index >= 15 is 0 Å². The maximum Gasteiger partial charge on any atom is 0.472 e. The number of ether oxygens (including phenoxy) is 4. The molecule has 3 N–H and O–H groups in total. The molecule has 0 spiro atoms. The molecule has 0 fully saturated rings. The Hall–Kier alpha value is -4.28. The van der Waals surface area contributed by atoms with Crippen LogP contribution in [0.25, 0.3) is 0 Å². The molecule has 100 heavy (non-hydrogen) atoms. The molecule has 0 aliphatic rings. The molecule has 5 unspecified atom stereocenters. The lowest BCUT2D eigenvalue weighted by molar-refractivity contribution is -0.161. The zero-order valence-electron chi connectivity index (χ0n) is 62.8. The van der Waals surface area contributed by atoms with E-state index in [1.54, 1.807) is 0 Å². The van der Waals surface area contributed by atoms with Crippen LogP contribution in [0.15, 0.2) is 109 Å². The van der Waals surface area contributed by atoms with Crippen LogP contribution in [-0.2, 0) is 65.4 Å². The SMILES string of the molecule is CC/C=C\C/C=C\C/C=C\C/C=C\CCCCC(=O)OC(COC(=O)CCCCCCCC/C=C\C/C=C\C/C=C\CCCCC)COP(=O)(O)OCC(O)COP(=O)(O)OCC(COC(=O)CCCCCCC/C=C\CCCCCC)OC(=O)CCCCCCC/C=C\CCCCCC. The van der Waals surface area contributed by atoms with Crippen LogP contribution in [0.5, 0.6) is 0 Å². The van der Waals surface area contributed by atoms with E-state index in [-0.39, 0.29) is 25.7 Å². The van der Waals surface area contributed by atoms with Crippen LogP contribution in [-0.4, -0.2) is 96.7 Å². The molecule has 0 saturated heterocycles. The molecule has 0 aliphatic heterocycles. The largest absolute Gasteiger partial charge is 0.472 e. The third-order valence-electron chi connectivity index (χ3n) is 16.2. The number of unbranched alkanes of at least 4 members (excludes halogenated alkanes) is 29. The minimum absolute atomic E-state index is 0.0382. The predicted octanol–water partition coefficient (Wildman–Crippen LogP) is 22.6. The molecule has 0 saturated carbocycles. The fraction of sp³-hybridized carbons (Fsp3) is 0.728. The molecular weight excluding hydrogens is 1310 g/mol. The first kappa shape index (κ1) is 95.7. The van der Waals surface area contributed by atoms with Gasteiger partial charge in [0.25, 0.3) is 0 Å². The summed E-state index contributed by atoms with van der Waals surface area (Å²) in [7, 11) is -9.97. The van der Waals surface area contributed by atoms with Gasteiger partial charge in [0, 0.05) is 25.7 Å². The summed E-state index contributed by atoms with van der Waals surface area (Å²) < 4.78 is 68.5. The van der Waals surface area contributed by atoms with Gasteiger partial charge in [-0.1, -0.05) is 253 Å². The molecular formula is C81H140O17P2. The number of carbonyl (C=O) groups excluding carboxylic acids is 4. The average Bonchev–Trinajstić information content (AvgIpc) is 0.946. The van der Waals surface area contributed by atoms with Crippen molar-refractivity contribution in [2.24, 2.45) is 0 Å². The summed E-state index contributed by atoms with van der Waals surface area (Å²) in [6.45, 7) is 4.64. The molecule has 0 aromatic carbocycles. The molecule has 0 rings (SSSR count). The zero-order chi connectivity index (χ0) is 73.2. The van der Waals surface area contributed by atoms with Crippen molar-refractivity contribution in [3.8, 4) is 0 Å². The molecule has 0 radical (unpaired) electrons. The fourth-order valence-electron chi connectivity index (χ4n) is 10.2. The molecule has 0 aliphatic carbocycles. The molecule has 0 bridgehead atoms. The highest BCUT2D eigenvalue weighted by molar-refractivity contribution is 7.47. The van der Waals surface area contributed by atoms with Crippen molar-refractivity contribution in [3.05, 3.63) is 109 Å². The number of rotatable bonds is 73. The van der Waals surface area contributed by atoms with E-state index in [1.807, 2.05) is 0 Å². The second kappa shape index (κ2) is 73.0. The Balaban J connectivity index is 5.39. The number of esters is 4. The van der Waals surface area contributed by atoms with Crippen molar-refractivity contribution in [1.29, 1.82) is 0 Å². The highest BCUT2D eigenvalue weighted by Crippen LogP contribution is 2.45. The van der Waals surface area contributed by atoms with E-state index in [1.165, 1.54) is 70.6 Å². The number of aliphatic hydroxyl groups is 1. The second-order valence-corrected chi connectivity index (χ2v) is 28.8. The first-order valence-electron chi connectivity index (χ1n) is 39.1. The van der Waals surface area contributed by atoms with Crippen LogP contribution in [0.3, 0.4) is 0 Å². The van der Waals surface area contributed by atoms with Crippen molar-refractivity contribution < 1.29 is 80.2 Å². The fourth-order valence-corrected chi connectivity index (χ4v) is 11.8. The average molecular weight is 1450 g/mol. The Labute approximate surface area is 607 Å². The van der Waals surface area contributed by atoms with Crippen molar-refractivity contribution in [2.45, 2.75) is 341 Å². The van der Waals surface area contributed by atoms with Gasteiger partial charge in [0.15, 0.2) is 12.2 Å². The predicted molar refractivity (Wildman–Crippen MR) is 408 cm³/mol. The van der Waals surface area contributed by atoms with Crippen molar-refractivity contribution in [3.63, 3.8) is 0 Å². The third-order valence-corrected chi connectivity index (χ3v) is 18.1. The van der Waals surface area contributed by atoms with Crippen LogP contribution in [0, 0.1) is 0 Å². The van der Waals surface area contributed by atoms with Gasteiger partial charge in [-0.15, -0.1) is 0 Å². The Morgan fingerprint density at radius 1 is 0.290 bits per heavy atom. The summed E-state index contributed by atoms with van der Waals surface area (Å²) in [5.74, 6) is -2.25. The molecule has 0 heterocycles. The van der Waals surface area contributed by atoms with E-state index in [9.17, 15) is 43.2 Å². The van der Waals surface area contributed by atoms with Crippen LogP contribution >= 0.6 is 15.6 Å². The summed E-state index contributed by atoms with van der Waals surface area (Å²) in [5, 5.41) is 10.6. The van der Waals surface area contributed by atoms with E-state index in [0.717, 1.165) is 167 Å². The highest BCUT2D eigenvalue weighted by Gasteiger charge is 2.30. The number of hydrogen-bond donors (Lipinski definition) is 3. The number of hydrogen-bond acceptors (Lipinski definition) is 15. The lowest BCUT2D eigenvalue weighted by Crippen LogP contribution is -2.30. The maximum absolute atomic E-state index is 13.1. The molecule has 5 atom stereocenters. The first-order valence-corrected chi connectivity index (χ1v) is 42.1. The summed E-state index contributed by atoms with van der Waals surface area (Å²) in [6.07, 6.45) is 77.9. The number of carbonyl (C=O) groups is 4. The lowest BCUT2D eigenvalue weighted by atomic mass is 10.1. The van der Waals surface area contributed by atoms with Gasteiger partial charge < -0.3 is 33.8 Å². The minimum atomic E-state index is -4.99. The number of allylic oxidation sites excluding steroid dienone is 18. The van der Waals surface area contributed by atoms with Gasteiger partial charge >= 0.3 is 39.5 Å². The Morgan fingerprint density at radius 2 is 0.520 bits per heavy atom. The van der Waals surface area contributed by atoms with Crippen molar-refractivity contribution >= 4 is 39.5 Å². The molecule has 0 amide bonds. The van der Waals surface area contributed by atoms with Gasteiger partial charge in [-0.2, -0.15) is 0 Å². The third kappa shape index (κ3) is 72.1. The van der Waals surface area contributed by atoms with Gasteiger partial charge in [-0.25, -0.2) is 9.13 Å². The normalized spacial score (nSPS) is 14.5. The Kier molecular flexibility index (Phi) is 69.9. The highest BCUT2D eigenvalue weighted by atomic mass is 31.2. The van der Waals surface area contributed by atoms with Gasteiger partial charge in [0.2, 0.25) is 0 Å². The molecule has 576 valence electrons. The lowest BCUT2D eigenvalue weighted by Gasteiger charge is -2.21. The summed E-state index contributed by atoms with van der Waals surface area (Å²) >= 11 is 0. The van der Waals surface area contributed by atoms with Crippen LogP contribution in [0.1, 0.15) is 323 Å². The van der Waals surface area contributed by atoms with E-state index < -0.39 is 97.5 Å². The number of phosphoric acid groups is 2. The summed E-state index contributed by atoms with van der Waals surface area (Å²) in [5.41, 5.74) is 0. The van der Waals surface area contributed by atoms with Crippen LogP contribution in [0.2, 0.25) is 0 Å².